The molecule has 0 radical (unpaired) electrons. The van der Waals surface area contributed by atoms with Crippen molar-refractivity contribution in [2.75, 3.05) is 19.6 Å². The Kier molecular flexibility index (Phi) is 5.17. The minimum atomic E-state index is 0. The molecule has 1 atom stereocenters. The van der Waals surface area contributed by atoms with Crippen molar-refractivity contribution >= 4 is 12.4 Å². The minimum Gasteiger partial charge on any atom is -0.312 e. The highest BCUT2D eigenvalue weighted by molar-refractivity contribution is 5.85. The molecule has 1 saturated heterocycles. The lowest BCUT2D eigenvalue weighted by Gasteiger charge is -2.31. The van der Waals surface area contributed by atoms with Gasteiger partial charge in [0.2, 0.25) is 0 Å². The van der Waals surface area contributed by atoms with E-state index in [9.17, 15) is 0 Å². The number of halogens is 1. The molecule has 1 aromatic carbocycles. The molecule has 0 saturated carbocycles. The van der Waals surface area contributed by atoms with E-state index in [1.807, 2.05) is 18.2 Å². The van der Waals surface area contributed by atoms with E-state index in [4.69, 9.17) is 0 Å². The highest BCUT2D eigenvalue weighted by Crippen LogP contribution is 2.17. The zero-order valence-corrected chi connectivity index (χ0v) is 12.5. The van der Waals surface area contributed by atoms with Crippen molar-refractivity contribution in [2.24, 2.45) is 0 Å². The largest absolute Gasteiger partial charge is 0.312 e. The Hall–Kier alpha value is -1.36. The summed E-state index contributed by atoms with van der Waals surface area (Å²) < 4.78 is 0. The lowest BCUT2D eigenvalue weighted by Crippen LogP contribution is -2.48. The van der Waals surface area contributed by atoms with E-state index in [2.05, 4.69) is 45.5 Å². The quantitative estimate of drug-likeness (QED) is 0.912. The molecule has 1 unspecified atom stereocenters. The summed E-state index contributed by atoms with van der Waals surface area (Å²) in [4.78, 5) is 2.46. The Morgan fingerprint density at radius 1 is 1.30 bits per heavy atom. The second-order valence-electron chi connectivity index (χ2n) is 5.23. The fourth-order valence-electron chi connectivity index (χ4n) is 2.60. The SMILES string of the molecule is CC1CN(Cc2cc(-c3ccccc3)n[nH]2)CCN1.Cl. The first-order valence-electron chi connectivity index (χ1n) is 6.87. The van der Waals surface area contributed by atoms with Crippen LogP contribution < -0.4 is 5.32 Å². The number of aromatic amines is 1. The summed E-state index contributed by atoms with van der Waals surface area (Å²) in [6.45, 7) is 6.45. The van der Waals surface area contributed by atoms with Gasteiger partial charge in [-0.15, -0.1) is 12.4 Å². The lowest BCUT2D eigenvalue weighted by atomic mass is 10.1. The van der Waals surface area contributed by atoms with Crippen LogP contribution in [0.5, 0.6) is 0 Å². The third-order valence-electron chi connectivity index (χ3n) is 3.55. The van der Waals surface area contributed by atoms with Crippen LogP contribution >= 0.6 is 12.4 Å². The predicted octanol–water partition coefficient (Wildman–Crippen LogP) is 2.29. The van der Waals surface area contributed by atoms with Gasteiger partial charge >= 0.3 is 0 Å². The molecule has 1 aliphatic rings. The van der Waals surface area contributed by atoms with E-state index in [0.717, 1.165) is 31.9 Å². The van der Waals surface area contributed by atoms with Crippen molar-refractivity contribution in [1.29, 1.82) is 0 Å². The van der Waals surface area contributed by atoms with E-state index in [0.29, 0.717) is 6.04 Å². The zero-order valence-electron chi connectivity index (χ0n) is 11.7. The Morgan fingerprint density at radius 3 is 2.85 bits per heavy atom. The molecule has 0 spiro atoms. The first kappa shape index (κ1) is 15.0. The van der Waals surface area contributed by atoms with Gasteiger partial charge in [-0.25, -0.2) is 0 Å². The summed E-state index contributed by atoms with van der Waals surface area (Å²) in [6, 6.07) is 13.0. The van der Waals surface area contributed by atoms with E-state index >= 15 is 0 Å². The maximum absolute atomic E-state index is 4.40. The van der Waals surface area contributed by atoms with Gasteiger partial charge in [-0.1, -0.05) is 30.3 Å². The first-order valence-corrected chi connectivity index (χ1v) is 6.87. The van der Waals surface area contributed by atoms with Crippen molar-refractivity contribution in [3.05, 3.63) is 42.1 Å². The molecular formula is C15H21ClN4. The molecule has 0 bridgehead atoms. The molecule has 0 aliphatic carbocycles. The van der Waals surface area contributed by atoms with E-state index in [1.54, 1.807) is 0 Å². The molecule has 1 aliphatic heterocycles. The van der Waals surface area contributed by atoms with Crippen LogP contribution in [0.1, 0.15) is 12.6 Å². The van der Waals surface area contributed by atoms with Crippen molar-refractivity contribution in [1.82, 2.24) is 20.4 Å². The first-order chi connectivity index (χ1) is 9.31. The Morgan fingerprint density at radius 2 is 2.10 bits per heavy atom. The summed E-state index contributed by atoms with van der Waals surface area (Å²) in [6.07, 6.45) is 0. The Bertz CT molecular complexity index is 526. The van der Waals surface area contributed by atoms with Crippen LogP contribution in [0.3, 0.4) is 0 Å². The maximum atomic E-state index is 4.40. The lowest BCUT2D eigenvalue weighted by molar-refractivity contribution is 0.197. The van der Waals surface area contributed by atoms with Crippen LogP contribution in [-0.4, -0.2) is 40.8 Å². The molecule has 5 heteroatoms. The van der Waals surface area contributed by atoms with Gasteiger partial charge in [0.05, 0.1) is 5.69 Å². The number of aromatic nitrogens is 2. The normalized spacial score (nSPS) is 19.6. The number of benzene rings is 1. The van der Waals surface area contributed by atoms with E-state index in [1.165, 1.54) is 11.3 Å². The molecule has 2 N–H and O–H groups in total. The number of hydrogen-bond donors (Lipinski definition) is 2. The minimum absolute atomic E-state index is 0. The molecular weight excluding hydrogens is 272 g/mol. The van der Waals surface area contributed by atoms with E-state index in [-0.39, 0.29) is 12.4 Å². The molecule has 3 rings (SSSR count). The van der Waals surface area contributed by atoms with Gasteiger partial charge in [-0.3, -0.25) is 10.00 Å². The van der Waals surface area contributed by atoms with Gasteiger partial charge in [0.1, 0.15) is 0 Å². The fraction of sp³-hybridized carbons (Fsp3) is 0.400. The fourth-order valence-corrected chi connectivity index (χ4v) is 2.60. The summed E-state index contributed by atoms with van der Waals surface area (Å²) >= 11 is 0. The molecule has 1 fully saturated rings. The number of rotatable bonds is 3. The van der Waals surface area contributed by atoms with Crippen molar-refractivity contribution in [2.45, 2.75) is 19.5 Å². The van der Waals surface area contributed by atoms with Crippen LogP contribution in [-0.2, 0) is 6.54 Å². The van der Waals surface area contributed by atoms with Gasteiger partial charge in [0, 0.05) is 43.5 Å². The van der Waals surface area contributed by atoms with Crippen LogP contribution in [0.2, 0.25) is 0 Å². The summed E-state index contributed by atoms with van der Waals surface area (Å²) in [5, 5.41) is 11.0. The van der Waals surface area contributed by atoms with Gasteiger partial charge < -0.3 is 5.32 Å². The van der Waals surface area contributed by atoms with E-state index < -0.39 is 0 Å². The highest BCUT2D eigenvalue weighted by Gasteiger charge is 2.16. The van der Waals surface area contributed by atoms with Gasteiger partial charge in [-0.05, 0) is 13.0 Å². The molecule has 20 heavy (non-hydrogen) atoms. The third-order valence-corrected chi connectivity index (χ3v) is 3.55. The third kappa shape index (κ3) is 3.60. The number of piperazine rings is 1. The molecule has 2 aromatic rings. The number of nitrogens with zero attached hydrogens (tertiary/aromatic N) is 2. The number of nitrogens with one attached hydrogen (secondary N) is 2. The van der Waals surface area contributed by atoms with Gasteiger partial charge in [0.15, 0.2) is 0 Å². The van der Waals surface area contributed by atoms with Crippen LogP contribution in [0.15, 0.2) is 36.4 Å². The summed E-state index contributed by atoms with van der Waals surface area (Å²) in [7, 11) is 0. The van der Waals surface area contributed by atoms with Gasteiger partial charge in [-0.2, -0.15) is 5.10 Å². The standard InChI is InChI=1S/C15H20N4.ClH/c1-12-10-19(8-7-16-12)11-14-9-15(18-17-14)13-5-3-2-4-6-13;/h2-6,9,12,16H,7-8,10-11H2,1H3,(H,17,18);1H. The Labute approximate surface area is 126 Å². The highest BCUT2D eigenvalue weighted by atomic mass is 35.5. The van der Waals surface area contributed by atoms with Crippen LogP contribution in [0.25, 0.3) is 11.3 Å². The van der Waals surface area contributed by atoms with Crippen molar-refractivity contribution in [3.63, 3.8) is 0 Å². The maximum Gasteiger partial charge on any atom is 0.0924 e. The summed E-state index contributed by atoms with van der Waals surface area (Å²) in [5.74, 6) is 0. The second-order valence-corrected chi connectivity index (χ2v) is 5.23. The average Bonchev–Trinajstić information content (AvgIpc) is 2.88. The van der Waals surface area contributed by atoms with Crippen LogP contribution in [0.4, 0.5) is 0 Å². The number of hydrogen-bond acceptors (Lipinski definition) is 3. The predicted molar refractivity (Wildman–Crippen MR) is 84.0 cm³/mol. The molecule has 2 heterocycles. The van der Waals surface area contributed by atoms with Crippen LogP contribution in [0, 0.1) is 0 Å². The zero-order chi connectivity index (χ0) is 13.1. The monoisotopic (exact) mass is 292 g/mol. The topological polar surface area (TPSA) is 44.0 Å². The average molecular weight is 293 g/mol. The number of H-pyrrole nitrogens is 1. The second kappa shape index (κ2) is 6.88. The smallest absolute Gasteiger partial charge is 0.0924 e. The molecule has 4 nitrogen and oxygen atoms in total. The molecule has 0 amide bonds. The van der Waals surface area contributed by atoms with Crippen molar-refractivity contribution in [3.8, 4) is 11.3 Å². The summed E-state index contributed by atoms with van der Waals surface area (Å²) in [5.41, 5.74) is 3.38. The Balaban J connectivity index is 0.00000147. The van der Waals surface area contributed by atoms with Gasteiger partial charge in [0.25, 0.3) is 0 Å². The molecule has 108 valence electrons. The van der Waals surface area contributed by atoms with Crippen molar-refractivity contribution < 1.29 is 0 Å². The molecule has 1 aromatic heterocycles.